The highest BCUT2D eigenvalue weighted by Gasteiger charge is 2.21. The predicted octanol–water partition coefficient (Wildman–Crippen LogP) is 3.32. The normalized spacial score (nSPS) is 11.9. The SMILES string of the molecule is CCCCC(NC(=O)c1cc(Cl)ccc1I)C(=O)O. The highest BCUT2D eigenvalue weighted by molar-refractivity contribution is 14.1. The summed E-state index contributed by atoms with van der Waals surface area (Å²) in [4.78, 5) is 23.1. The van der Waals surface area contributed by atoms with E-state index < -0.39 is 17.9 Å². The first kappa shape index (κ1) is 16.2. The Morgan fingerprint density at radius 3 is 2.74 bits per heavy atom. The van der Waals surface area contributed by atoms with Crippen LogP contribution in [0.4, 0.5) is 0 Å². The van der Waals surface area contributed by atoms with Crippen LogP contribution in [0.15, 0.2) is 18.2 Å². The molecule has 0 heterocycles. The zero-order chi connectivity index (χ0) is 14.4. The van der Waals surface area contributed by atoms with Crippen LogP contribution in [0.2, 0.25) is 5.02 Å². The van der Waals surface area contributed by atoms with Gasteiger partial charge in [-0.05, 0) is 47.2 Å². The van der Waals surface area contributed by atoms with Crippen molar-refractivity contribution in [2.45, 2.75) is 32.2 Å². The number of amides is 1. The summed E-state index contributed by atoms with van der Waals surface area (Å²) in [6, 6.07) is 4.09. The molecule has 0 aliphatic carbocycles. The Kier molecular flexibility index (Phi) is 6.57. The van der Waals surface area contributed by atoms with Gasteiger partial charge in [0.2, 0.25) is 0 Å². The first-order valence-corrected chi connectivity index (χ1v) is 7.40. The van der Waals surface area contributed by atoms with Crippen LogP contribution in [0.1, 0.15) is 36.5 Å². The lowest BCUT2D eigenvalue weighted by molar-refractivity contribution is -0.139. The Bertz CT molecular complexity index is 479. The van der Waals surface area contributed by atoms with Crippen molar-refractivity contribution in [2.75, 3.05) is 0 Å². The lowest BCUT2D eigenvalue weighted by Crippen LogP contribution is -2.41. The monoisotopic (exact) mass is 395 g/mol. The Labute approximate surface area is 130 Å². The molecule has 1 atom stereocenters. The van der Waals surface area contributed by atoms with E-state index in [1.807, 2.05) is 29.5 Å². The van der Waals surface area contributed by atoms with Crippen LogP contribution in [0.5, 0.6) is 0 Å². The van der Waals surface area contributed by atoms with Crippen LogP contribution in [0.25, 0.3) is 0 Å². The molecule has 0 aromatic heterocycles. The van der Waals surface area contributed by atoms with Crippen molar-refractivity contribution in [3.05, 3.63) is 32.4 Å². The molecule has 1 aromatic rings. The smallest absolute Gasteiger partial charge is 0.326 e. The lowest BCUT2D eigenvalue weighted by atomic mass is 10.1. The molecule has 0 aliphatic heterocycles. The van der Waals surface area contributed by atoms with Gasteiger partial charge < -0.3 is 10.4 Å². The number of hydrogen-bond donors (Lipinski definition) is 2. The number of rotatable bonds is 6. The van der Waals surface area contributed by atoms with E-state index in [1.165, 1.54) is 6.07 Å². The van der Waals surface area contributed by atoms with Gasteiger partial charge in [0.1, 0.15) is 6.04 Å². The van der Waals surface area contributed by atoms with Gasteiger partial charge in [0.25, 0.3) is 5.91 Å². The highest BCUT2D eigenvalue weighted by atomic mass is 127. The Balaban J connectivity index is 2.81. The second kappa shape index (κ2) is 7.69. The molecular weight excluding hydrogens is 381 g/mol. The van der Waals surface area contributed by atoms with Gasteiger partial charge in [0.15, 0.2) is 0 Å². The van der Waals surface area contributed by atoms with E-state index in [2.05, 4.69) is 5.32 Å². The summed E-state index contributed by atoms with van der Waals surface area (Å²) in [6.45, 7) is 1.97. The number of carboxylic acid groups (broad SMARTS) is 1. The molecule has 0 saturated heterocycles. The molecule has 104 valence electrons. The van der Waals surface area contributed by atoms with Gasteiger partial charge in [-0.2, -0.15) is 0 Å². The molecule has 6 heteroatoms. The van der Waals surface area contributed by atoms with Crippen LogP contribution in [0.3, 0.4) is 0 Å². The Morgan fingerprint density at radius 2 is 2.16 bits per heavy atom. The minimum atomic E-state index is -1.01. The van der Waals surface area contributed by atoms with E-state index >= 15 is 0 Å². The van der Waals surface area contributed by atoms with E-state index in [0.717, 1.165) is 16.4 Å². The summed E-state index contributed by atoms with van der Waals surface area (Å²) in [5.74, 6) is -1.42. The second-order valence-corrected chi connectivity index (χ2v) is 5.73. The van der Waals surface area contributed by atoms with E-state index in [-0.39, 0.29) is 0 Å². The standard InChI is InChI=1S/C13H15ClINO3/c1-2-3-4-11(13(18)19)16-12(17)9-7-8(14)5-6-10(9)15/h5-7,11H,2-4H2,1H3,(H,16,17)(H,18,19). The first-order chi connectivity index (χ1) is 8.95. The van der Waals surface area contributed by atoms with Crippen molar-refractivity contribution in [2.24, 2.45) is 0 Å². The molecule has 1 aromatic carbocycles. The molecule has 19 heavy (non-hydrogen) atoms. The Hall–Kier alpha value is -0.820. The minimum Gasteiger partial charge on any atom is -0.480 e. The van der Waals surface area contributed by atoms with Gasteiger partial charge in [0.05, 0.1) is 5.56 Å². The number of halogens is 2. The van der Waals surface area contributed by atoms with E-state index in [1.54, 1.807) is 12.1 Å². The molecule has 0 radical (unpaired) electrons. The zero-order valence-corrected chi connectivity index (χ0v) is 13.4. The lowest BCUT2D eigenvalue weighted by Gasteiger charge is -2.14. The van der Waals surface area contributed by atoms with Crippen LogP contribution >= 0.6 is 34.2 Å². The van der Waals surface area contributed by atoms with Gasteiger partial charge in [-0.1, -0.05) is 31.4 Å². The maximum atomic E-state index is 12.1. The summed E-state index contributed by atoms with van der Waals surface area (Å²) in [6.07, 6.45) is 2.06. The molecule has 1 amide bonds. The van der Waals surface area contributed by atoms with Crippen molar-refractivity contribution in [3.8, 4) is 0 Å². The number of aliphatic carboxylic acids is 1. The molecule has 1 unspecified atom stereocenters. The summed E-state index contributed by atoms with van der Waals surface area (Å²) < 4.78 is 0.735. The average molecular weight is 396 g/mol. The maximum Gasteiger partial charge on any atom is 0.326 e. The summed E-state index contributed by atoms with van der Waals surface area (Å²) in [5.41, 5.74) is 0.399. The van der Waals surface area contributed by atoms with Gasteiger partial charge >= 0.3 is 5.97 Å². The Morgan fingerprint density at radius 1 is 1.47 bits per heavy atom. The second-order valence-electron chi connectivity index (χ2n) is 4.13. The fourth-order valence-electron chi connectivity index (χ4n) is 1.57. The third kappa shape index (κ3) is 4.99. The van der Waals surface area contributed by atoms with Crippen molar-refractivity contribution < 1.29 is 14.7 Å². The highest BCUT2D eigenvalue weighted by Crippen LogP contribution is 2.18. The molecule has 2 N–H and O–H groups in total. The number of carboxylic acids is 1. The molecule has 0 saturated carbocycles. The third-order valence-electron chi connectivity index (χ3n) is 2.62. The van der Waals surface area contributed by atoms with Gasteiger partial charge in [-0.15, -0.1) is 0 Å². The van der Waals surface area contributed by atoms with Crippen LogP contribution in [0, 0.1) is 3.57 Å². The fourth-order valence-corrected chi connectivity index (χ4v) is 2.33. The number of benzene rings is 1. The zero-order valence-electron chi connectivity index (χ0n) is 10.5. The van der Waals surface area contributed by atoms with E-state index in [9.17, 15) is 9.59 Å². The average Bonchev–Trinajstić information content (AvgIpc) is 2.36. The van der Waals surface area contributed by atoms with E-state index in [0.29, 0.717) is 17.0 Å². The van der Waals surface area contributed by atoms with Gasteiger partial charge in [-0.25, -0.2) is 4.79 Å². The first-order valence-electron chi connectivity index (χ1n) is 5.94. The molecular formula is C13H15ClINO3. The molecule has 0 spiro atoms. The van der Waals surface area contributed by atoms with Crippen LogP contribution < -0.4 is 5.32 Å². The van der Waals surface area contributed by atoms with Crippen molar-refractivity contribution in [1.82, 2.24) is 5.32 Å². The largest absolute Gasteiger partial charge is 0.480 e. The van der Waals surface area contributed by atoms with Crippen molar-refractivity contribution in [3.63, 3.8) is 0 Å². The van der Waals surface area contributed by atoms with E-state index in [4.69, 9.17) is 16.7 Å². The number of unbranched alkanes of at least 4 members (excludes halogenated alkanes) is 1. The number of hydrogen-bond acceptors (Lipinski definition) is 2. The number of nitrogens with one attached hydrogen (secondary N) is 1. The topological polar surface area (TPSA) is 66.4 Å². The summed E-state index contributed by atoms with van der Waals surface area (Å²) >= 11 is 7.86. The number of carbonyl (C=O) groups excluding carboxylic acids is 1. The van der Waals surface area contributed by atoms with Crippen LogP contribution in [-0.2, 0) is 4.79 Å². The number of carbonyl (C=O) groups is 2. The van der Waals surface area contributed by atoms with Crippen molar-refractivity contribution in [1.29, 1.82) is 0 Å². The minimum absolute atomic E-state index is 0.399. The van der Waals surface area contributed by atoms with Crippen LogP contribution in [-0.4, -0.2) is 23.0 Å². The van der Waals surface area contributed by atoms with Crippen molar-refractivity contribution >= 4 is 46.1 Å². The maximum absolute atomic E-state index is 12.1. The molecule has 1 rings (SSSR count). The molecule has 0 bridgehead atoms. The molecule has 0 fully saturated rings. The third-order valence-corrected chi connectivity index (χ3v) is 3.80. The molecule has 4 nitrogen and oxygen atoms in total. The molecule has 0 aliphatic rings. The van der Waals surface area contributed by atoms with Gasteiger partial charge in [0, 0.05) is 8.59 Å². The quantitative estimate of drug-likeness (QED) is 0.726. The predicted molar refractivity (Wildman–Crippen MR) is 82.6 cm³/mol. The fraction of sp³-hybridized carbons (Fsp3) is 0.385. The van der Waals surface area contributed by atoms with Gasteiger partial charge in [-0.3, -0.25) is 4.79 Å². The summed E-state index contributed by atoms with van der Waals surface area (Å²) in [7, 11) is 0. The summed E-state index contributed by atoms with van der Waals surface area (Å²) in [5, 5.41) is 12.1.